The highest BCUT2D eigenvalue weighted by atomic mass is 16.5. The van der Waals surface area contributed by atoms with Gasteiger partial charge in [0.15, 0.2) is 0 Å². The van der Waals surface area contributed by atoms with Crippen LogP contribution < -0.4 is 4.74 Å². The summed E-state index contributed by atoms with van der Waals surface area (Å²) in [5.74, 6) is 0.827. The highest BCUT2D eigenvalue weighted by molar-refractivity contribution is 5.43. The molecule has 2 aromatic rings. The molecule has 0 aliphatic carbocycles. The molecule has 0 fully saturated rings. The largest absolute Gasteiger partial charge is 0.497 e. The molecule has 3 heteroatoms. The lowest BCUT2D eigenvalue weighted by atomic mass is 10.2. The summed E-state index contributed by atoms with van der Waals surface area (Å²) >= 11 is 0. The van der Waals surface area contributed by atoms with Crippen LogP contribution in [0.4, 0.5) is 0 Å². The van der Waals surface area contributed by atoms with Gasteiger partial charge in [-0.1, -0.05) is 0 Å². The fourth-order valence-corrected chi connectivity index (χ4v) is 1.58. The van der Waals surface area contributed by atoms with Crippen molar-refractivity contribution in [3.63, 3.8) is 0 Å². The molecular formula is C13H12N2O. The SMILES string of the molecule is COc1ccc(-n2cc(C)c(C#N)c2)cc1. The van der Waals surface area contributed by atoms with Gasteiger partial charge in [0.1, 0.15) is 11.8 Å². The first-order chi connectivity index (χ1) is 7.74. The van der Waals surface area contributed by atoms with Crippen molar-refractivity contribution in [2.24, 2.45) is 0 Å². The minimum absolute atomic E-state index is 0.704. The second-order valence-corrected chi connectivity index (χ2v) is 3.57. The predicted molar refractivity (Wildman–Crippen MR) is 61.8 cm³/mol. The Kier molecular flexibility index (Phi) is 2.65. The summed E-state index contributed by atoms with van der Waals surface area (Å²) in [6.45, 7) is 1.93. The number of aryl methyl sites for hydroxylation is 1. The summed E-state index contributed by atoms with van der Waals surface area (Å²) in [5, 5.41) is 8.88. The lowest BCUT2D eigenvalue weighted by Gasteiger charge is -2.03. The third-order valence-corrected chi connectivity index (χ3v) is 2.52. The van der Waals surface area contributed by atoms with Crippen LogP contribution in [-0.4, -0.2) is 11.7 Å². The van der Waals surface area contributed by atoms with E-state index in [-0.39, 0.29) is 0 Å². The number of hydrogen-bond donors (Lipinski definition) is 0. The van der Waals surface area contributed by atoms with Crippen LogP contribution in [0.1, 0.15) is 11.1 Å². The fourth-order valence-electron chi connectivity index (χ4n) is 1.58. The first kappa shape index (κ1) is 10.3. The molecule has 1 aromatic carbocycles. The molecule has 2 rings (SSSR count). The quantitative estimate of drug-likeness (QED) is 0.767. The normalized spacial score (nSPS) is 9.81. The second kappa shape index (κ2) is 4.11. The van der Waals surface area contributed by atoms with E-state index in [2.05, 4.69) is 6.07 Å². The average Bonchev–Trinajstić information content (AvgIpc) is 2.71. The van der Waals surface area contributed by atoms with Crippen molar-refractivity contribution in [3.8, 4) is 17.5 Å². The van der Waals surface area contributed by atoms with Gasteiger partial charge in [0, 0.05) is 18.1 Å². The Hall–Kier alpha value is -2.21. The molecule has 0 atom stereocenters. The minimum atomic E-state index is 0.704. The molecule has 0 aliphatic heterocycles. The van der Waals surface area contributed by atoms with E-state index in [1.54, 1.807) is 7.11 Å². The van der Waals surface area contributed by atoms with Crippen molar-refractivity contribution < 1.29 is 4.74 Å². The first-order valence-electron chi connectivity index (χ1n) is 4.97. The van der Waals surface area contributed by atoms with Crippen molar-refractivity contribution in [1.82, 2.24) is 4.57 Å². The molecule has 0 bridgehead atoms. The summed E-state index contributed by atoms with van der Waals surface area (Å²) in [7, 11) is 1.64. The molecule has 0 amide bonds. The molecule has 1 aromatic heterocycles. The highest BCUT2D eigenvalue weighted by Gasteiger charge is 2.03. The van der Waals surface area contributed by atoms with E-state index in [4.69, 9.17) is 10.00 Å². The van der Waals surface area contributed by atoms with Crippen molar-refractivity contribution in [2.45, 2.75) is 6.92 Å². The fraction of sp³-hybridized carbons (Fsp3) is 0.154. The van der Waals surface area contributed by atoms with E-state index < -0.39 is 0 Å². The number of aromatic nitrogens is 1. The van der Waals surface area contributed by atoms with Gasteiger partial charge >= 0.3 is 0 Å². The summed E-state index contributed by atoms with van der Waals surface area (Å²) in [4.78, 5) is 0. The molecule has 0 saturated carbocycles. The number of nitriles is 1. The van der Waals surface area contributed by atoms with Crippen LogP contribution in [0.25, 0.3) is 5.69 Å². The number of nitrogens with zero attached hydrogens (tertiary/aromatic N) is 2. The van der Waals surface area contributed by atoms with Crippen LogP contribution in [0, 0.1) is 18.3 Å². The van der Waals surface area contributed by atoms with Gasteiger partial charge in [-0.25, -0.2) is 0 Å². The van der Waals surface area contributed by atoms with Gasteiger partial charge in [-0.2, -0.15) is 5.26 Å². The van der Waals surface area contributed by atoms with Gasteiger partial charge in [-0.3, -0.25) is 0 Å². The van der Waals surface area contributed by atoms with Crippen LogP contribution >= 0.6 is 0 Å². The van der Waals surface area contributed by atoms with Gasteiger partial charge in [-0.05, 0) is 36.8 Å². The van der Waals surface area contributed by atoms with Gasteiger partial charge < -0.3 is 9.30 Å². The zero-order chi connectivity index (χ0) is 11.5. The smallest absolute Gasteiger partial charge is 0.119 e. The number of rotatable bonds is 2. The van der Waals surface area contributed by atoms with E-state index in [1.165, 1.54) is 0 Å². The summed E-state index contributed by atoms with van der Waals surface area (Å²) < 4.78 is 7.03. The third kappa shape index (κ3) is 1.78. The first-order valence-corrected chi connectivity index (χ1v) is 4.97. The van der Waals surface area contributed by atoms with Gasteiger partial charge in [0.2, 0.25) is 0 Å². The number of ether oxygens (including phenoxy) is 1. The maximum Gasteiger partial charge on any atom is 0.119 e. The maximum atomic E-state index is 8.88. The Bertz CT molecular complexity index is 532. The van der Waals surface area contributed by atoms with E-state index >= 15 is 0 Å². The molecule has 1 heterocycles. The lowest BCUT2D eigenvalue weighted by Crippen LogP contribution is -1.90. The second-order valence-electron chi connectivity index (χ2n) is 3.57. The molecule has 3 nitrogen and oxygen atoms in total. The molecule has 0 unspecified atom stereocenters. The monoisotopic (exact) mass is 212 g/mol. The van der Waals surface area contributed by atoms with E-state index in [0.29, 0.717) is 5.56 Å². The Morgan fingerprint density at radius 2 is 1.88 bits per heavy atom. The van der Waals surface area contributed by atoms with Crippen LogP contribution in [0.3, 0.4) is 0 Å². The molecule has 0 saturated heterocycles. The van der Waals surface area contributed by atoms with Crippen LogP contribution in [0.15, 0.2) is 36.7 Å². The average molecular weight is 212 g/mol. The predicted octanol–water partition coefficient (Wildman–Crippen LogP) is 2.67. The zero-order valence-corrected chi connectivity index (χ0v) is 9.27. The Morgan fingerprint density at radius 3 is 2.38 bits per heavy atom. The third-order valence-electron chi connectivity index (χ3n) is 2.52. The van der Waals surface area contributed by atoms with Crippen LogP contribution in [0.5, 0.6) is 5.75 Å². The molecule has 0 N–H and O–H groups in total. The van der Waals surface area contributed by atoms with Crippen molar-refractivity contribution in [2.75, 3.05) is 7.11 Å². The number of benzene rings is 1. The maximum absolute atomic E-state index is 8.88. The van der Waals surface area contributed by atoms with E-state index in [9.17, 15) is 0 Å². The molecular weight excluding hydrogens is 200 g/mol. The van der Waals surface area contributed by atoms with Crippen LogP contribution in [-0.2, 0) is 0 Å². The van der Waals surface area contributed by atoms with Gasteiger partial charge in [0.25, 0.3) is 0 Å². The molecule has 16 heavy (non-hydrogen) atoms. The van der Waals surface area contributed by atoms with Gasteiger partial charge in [0.05, 0.1) is 12.7 Å². The molecule has 0 spiro atoms. The Balaban J connectivity index is 2.39. The van der Waals surface area contributed by atoms with E-state index in [0.717, 1.165) is 17.0 Å². The standard InChI is InChI=1S/C13H12N2O/c1-10-8-15(9-11(10)7-14)12-3-5-13(16-2)6-4-12/h3-6,8-9H,1-2H3. The van der Waals surface area contributed by atoms with Crippen molar-refractivity contribution in [3.05, 3.63) is 47.8 Å². The number of methoxy groups -OCH3 is 1. The van der Waals surface area contributed by atoms with E-state index in [1.807, 2.05) is 48.1 Å². The molecule has 0 aliphatic rings. The zero-order valence-electron chi connectivity index (χ0n) is 9.27. The highest BCUT2D eigenvalue weighted by Crippen LogP contribution is 2.17. The molecule has 0 radical (unpaired) electrons. The van der Waals surface area contributed by atoms with Crippen molar-refractivity contribution in [1.29, 1.82) is 5.26 Å². The molecule has 80 valence electrons. The van der Waals surface area contributed by atoms with Crippen molar-refractivity contribution >= 4 is 0 Å². The van der Waals surface area contributed by atoms with Gasteiger partial charge in [-0.15, -0.1) is 0 Å². The summed E-state index contributed by atoms with van der Waals surface area (Å²) in [6, 6.07) is 9.88. The lowest BCUT2D eigenvalue weighted by molar-refractivity contribution is 0.415. The Labute approximate surface area is 94.5 Å². The number of hydrogen-bond acceptors (Lipinski definition) is 2. The summed E-state index contributed by atoms with van der Waals surface area (Å²) in [6.07, 6.45) is 3.78. The minimum Gasteiger partial charge on any atom is -0.497 e. The topological polar surface area (TPSA) is 38.0 Å². The van der Waals surface area contributed by atoms with Crippen LogP contribution in [0.2, 0.25) is 0 Å². The Morgan fingerprint density at radius 1 is 1.19 bits per heavy atom. The summed E-state index contributed by atoms with van der Waals surface area (Å²) in [5.41, 5.74) is 2.71.